The normalized spacial score (nSPS) is 11.2. The molecule has 8 aromatic rings. The molecule has 0 unspecified atom stereocenters. The molecule has 0 fully saturated rings. The molecular weight excluding hydrogens is 571 g/mol. The van der Waals surface area contributed by atoms with Gasteiger partial charge in [0.05, 0.1) is 11.2 Å². The van der Waals surface area contributed by atoms with Crippen LogP contribution >= 0.6 is 0 Å². The first-order valence-corrected chi connectivity index (χ1v) is 16.1. The number of fused-ring (bicyclic) bond motifs is 2. The van der Waals surface area contributed by atoms with Crippen LogP contribution in [0.2, 0.25) is 0 Å². The zero-order chi connectivity index (χ0) is 31.7. The molecule has 1 heterocycles. The molecule has 1 aromatic heterocycles. The smallest absolute Gasteiger partial charge is 0.0540 e. The number of aromatic nitrogens is 1. The van der Waals surface area contributed by atoms with E-state index in [1.165, 1.54) is 38.6 Å². The number of para-hydroxylation sites is 3. The average molecular weight is 606 g/mol. The summed E-state index contributed by atoms with van der Waals surface area (Å²) in [4.78, 5) is 4.70. The number of hydrogen-bond donors (Lipinski definition) is 0. The van der Waals surface area contributed by atoms with E-state index >= 15 is 0 Å². The van der Waals surface area contributed by atoms with Crippen molar-refractivity contribution in [2.24, 2.45) is 0 Å². The van der Waals surface area contributed by atoms with Gasteiger partial charge in [0.2, 0.25) is 0 Å². The van der Waals surface area contributed by atoms with Crippen molar-refractivity contribution >= 4 is 55.8 Å². The van der Waals surface area contributed by atoms with Crippen molar-refractivity contribution in [3.8, 4) is 5.69 Å². The standard InChI is InChI=1S/C44H35N3/c1-32-33(2)45(35-17-6-3-7-18-35)44-30-29-40(31-42(32)44)47(43-24-14-16-34-15-12-13-23-41(34)43)39-27-25-38(26-28-39)46(36-19-8-4-9-20-36)37-21-10-5-11-22-37/h3-31H,1-2H3. The van der Waals surface area contributed by atoms with Crippen molar-refractivity contribution in [2.45, 2.75) is 13.8 Å². The van der Waals surface area contributed by atoms with E-state index in [1.807, 2.05) is 0 Å². The molecule has 0 N–H and O–H groups in total. The van der Waals surface area contributed by atoms with Crippen LogP contribution in [0.4, 0.5) is 34.1 Å². The van der Waals surface area contributed by atoms with Crippen LogP contribution in [0.5, 0.6) is 0 Å². The largest absolute Gasteiger partial charge is 0.314 e. The second-order valence-electron chi connectivity index (χ2n) is 11.9. The molecule has 0 radical (unpaired) electrons. The summed E-state index contributed by atoms with van der Waals surface area (Å²) in [6, 6.07) is 62.8. The Hall–Kier alpha value is -6.06. The zero-order valence-corrected chi connectivity index (χ0v) is 26.6. The van der Waals surface area contributed by atoms with Crippen molar-refractivity contribution in [1.29, 1.82) is 0 Å². The summed E-state index contributed by atoms with van der Waals surface area (Å²) >= 11 is 0. The third-order valence-electron chi connectivity index (χ3n) is 9.18. The number of aryl methyl sites for hydroxylation is 1. The Morgan fingerprint density at radius 2 is 0.915 bits per heavy atom. The topological polar surface area (TPSA) is 11.4 Å². The highest BCUT2D eigenvalue weighted by atomic mass is 15.2. The maximum absolute atomic E-state index is 2.40. The molecule has 0 saturated heterocycles. The van der Waals surface area contributed by atoms with Gasteiger partial charge in [-0.3, -0.25) is 0 Å². The van der Waals surface area contributed by atoms with Gasteiger partial charge in [0.15, 0.2) is 0 Å². The predicted molar refractivity (Wildman–Crippen MR) is 200 cm³/mol. The van der Waals surface area contributed by atoms with Crippen LogP contribution in [-0.4, -0.2) is 4.57 Å². The number of hydrogen-bond acceptors (Lipinski definition) is 2. The van der Waals surface area contributed by atoms with Crippen LogP contribution in [0.1, 0.15) is 11.3 Å². The lowest BCUT2D eigenvalue weighted by atomic mass is 10.1. The van der Waals surface area contributed by atoms with Gasteiger partial charge in [-0.15, -0.1) is 0 Å². The molecule has 0 aliphatic rings. The maximum atomic E-state index is 2.40. The molecule has 0 bridgehead atoms. The van der Waals surface area contributed by atoms with Crippen molar-refractivity contribution in [3.63, 3.8) is 0 Å². The molecule has 47 heavy (non-hydrogen) atoms. The lowest BCUT2D eigenvalue weighted by Gasteiger charge is -2.29. The molecule has 3 heteroatoms. The highest BCUT2D eigenvalue weighted by Crippen LogP contribution is 2.43. The highest BCUT2D eigenvalue weighted by Gasteiger charge is 2.20. The molecular formula is C44H35N3. The van der Waals surface area contributed by atoms with E-state index in [2.05, 4.69) is 204 Å². The number of anilines is 6. The van der Waals surface area contributed by atoms with Gasteiger partial charge in [-0.25, -0.2) is 0 Å². The second kappa shape index (κ2) is 12.0. The molecule has 0 aliphatic heterocycles. The number of rotatable bonds is 7. The minimum Gasteiger partial charge on any atom is -0.314 e. The first kappa shape index (κ1) is 28.4. The summed E-state index contributed by atoms with van der Waals surface area (Å²) < 4.78 is 2.37. The lowest BCUT2D eigenvalue weighted by molar-refractivity contribution is 1.04. The van der Waals surface area contributed by atoms with Crippen LogP contribution in [-0.2, 0) is 0 Å². The van der Waals surface area contributed by atoms with Gasteiger partial charge < -0.3 is 14.4 Å². The van der Waals surface area contributed by atoms with E-state index in [9.17, 15) is 0 Å². The molecule has 8 rings (SSSR count). The van der Waals surface area contributed by atoms with Crippen molar-refractivity contribution in [2.75, 3.05) is 9.80 Å². The van der Waals surface area contributed by atoms with Crippen molar-refractivity contribution in [1.82, 2.24) is 4.57 Å². The van der Waals surface area contributed by atoms with E-state index in [0.29, 0.717) is 0 Å². The van der Waals surface area contributed by atoms with Crippen LogP contribution < -0.4 is 9.80 Å². The molecule has 3 nitrogen and oxygen atoms in total. The van der Waals surface area contributed by atoms with E-state index in [1.54, 1.807) is 0 Å². The van der Waals surface area contributed by atoms with Crippen LogP contribution in [0.15, 0.2) is 176 Å². The first-order valence-electron chi connectivity index (χ1n) is 16.1. The molecule has 0 aliphatic carbocycles. The predicted octanol–water partition coefficient (Wildman–Crippen LogP) is 12.3. The van der Waals surface area contributed by atoms with E-state index in [4.69, 9.17) is 0 Å². The molecule has 0 saturated carbocycles. The molecule has 0 spiro atoms. The fourth-order valence-electron chi connectivity index (χ4n) is 6.79. The summed E-state index contributed by atoms with van der Waals surface area (Å²) in [6.45, 7) is 4.45. The summed E-state index contributed by atoms with van der Waals surface area (Å²) in [5.74, 6) is 0. The van der Waals surface area contributed by atoms with Gasteiger partial charge in [0.1, 0.15) is 0 Å². The molecule has 7 aromatic carbocycles. The van der Waals surface area contributed by atoms with Crippen LogP contribution in [0.25, 0.3) is 27.4 Å². The Morgan fingerprint density at radius 3 is 1.57 bits per heavy atom. The van der Waals surface area contributed by atoms with Crippen LogP contribution in [0, 0.1) is 13.8 Å². The molecule has 226 valence electrons. The Morgan fingerprint density at radius 1 is 0.404 bits per heavy atom. The summed E-state index contributed by atoms with van der Waals surface area (Å²) in [5, 5.41) is 3.68. The van der Waals surface area contributed by atoms with Crippen molar-refractivity contribution < 1.29 is 0 Å². The summed E-state index contributed by atoms with van der Waals surface area (Å²) in [5.41, 5.74) is 11.7. The van der Waals surface area contributed by atoms with Gasteiger partial charge >= 0.3 is 0 Å². The Balaban J connectivity index is 1.29. The van der Waals surface area contributed by atoms with E-state index in [-0.39, 0.29) is 0 Å². The van der Waals surface area contributed by atoms with Gasteiger partial charge in [-0.05, 0) is 110 Å². The minimum absolute atomic E-state index is 1.10. The Kier molecular flexibility index (Phi) is 7.28. The maximum Gasteiger partial charge on any atom is 0.0540 e. The third-order valence-corrected chi connectivity index (χ3v) is 9.18. The average Bonchev–Trinajstić information content (AvgIpc) is 3.39. The van der Waals surface area contributed by atoms with Gasteiger partial charge in [0.25, 0.3) is 0 Å². The van der Waals surface area contributed by atoms with Gasteiger partial charge in [-0.2, -0.15) is 0 Å². The van der Waals surface area contributed by atoms with Crippen molar-refractivity contribution in [3.05, 3.63) is 187 Å². The first-order chi connectivity index (χ1) is 23.2. The van der Waals surface area contributed by atoms with Crippen LogP contribution in [0.3, 0.4) is 0 Å². The second-order valence-corrected chi connectivity index (χ2v) is 11.9. The summed E-state index contributed by atoms with van der Waals surface area (Å²) in [7, 11) is 0. The highest BCUT2D eigenvalue weighted by molar-refractivity contribution is 6.00. The number of benzene rings is 7. The Bertz CT molecular complexity index is 2260. The monoisotopic (exact) mass is 605 g/mol. The third kappa shape index (κ3) is 5.12. The fraction of sp³-hybridized carbons (Fsp3) is 0.0455. The van der Waals surface area contributed by atoms with E-state index in [0.717, 1.165) is 34.1 Å². The zero-order valence-electron chi connectivity index (χ0n) is 26.6. The summed E-state index contributed by atoms with van der Waals surface area (Å²) in [6.07, 6.45) is 0. The van der Waals surface area contributed by atoms with Gasteiger partial charge in [0, 0.05) is 50.6 Å². The van der Waals surface area contributed by atoms with E-state index < -0.39 is 0 Å². The minimum atomic E-state index is 1.10. The number of nitrogens with zero attached hydrogens (tertiary/aromatic N) is 3. The van der Waals surface area contributed by atoms with Gasteiger partial charge in [-0.1, -0.05) is 91.0 Å². The quantitative estimate of drug-likeness (QED) is 0.179. The lowest BCUT2D eigenvalue weighted by Crippen LogP contribution is -2.12. The SMILES string of the molecule is Cc1c(C)n(-c2ccccc2)c2ccc(N(c3ccc(N(c4ccccc4)c4ccccc4)cc3)c3cccc4ccccc34)cc12. The fourth-order valence-corrected chi connectivity index (χ4v) is 6.79. The molecule has 0 atom stereocenters. The molecule has 0 amide bonds. The Labute approximate surface area is 276 Å².